The van der Waals surface area contributed by atoms with Gasteiger partial charge >= 0.3 is 0 Å². The van der Waals surface area contributed by atoms with Gasteiger partial charge in [0.15, 0.2) is 0 Å². The maximum atomic E-state index is 12.6. The van der Waals surface area contributed by atoms with E-state index in [1.807, 2.05) is 0 Å². The highest BCUT2D eigenvalue weighted by atomic mass is 16.1. The van der Waals surface area contributed by atoms with E-state index in [0.717, 1.165) is 25.8 Å². The number of H-pyrrole nitrogens is 1. The molecule has 0 saturated carbocycles. The highest BCUT2D eigenvalue weighted by Gasteiger charge is 2.32. The molecule has 1 aliphatic carbocycles. The molecule has 2 heterocycles. The fourth-order valence-electron chi connectivity index (χ4n) is 4.08. The molecule has 0 radical (unpaired) electrons. The van der Waals surface area contributed by atoms with Gasteiger partial charge in [-0.3, -0.25) is 4.79 Å². The summed E-state index contributed by atoms with van der Waals surface area (Å²) >= 11 is 0. The van der Waals surface area contributed by atoms with Crippen LogP contribution in [0.3, 0.4) is 0 Å². The van der Waals surface area contributed by atoms with Crippen LogP contribution in [0.4, 0.5) is 0 Å². The molecule has 0 saturated heterocycles. The quantitative estimate of drug-likeness (QED) is 0.810. The molecule has 0 spiro atoms. The lowest BCUT2D eigenvalue weighted by molar-refractivity contribution is -0.124. The van der Waals surface area contributed by atoms with Crippen molar-refractivity contribution in [3.63, 3.8) is 0 Å². The van der Waals surface area contributed by atoms with E-state index in [0.29, 0.717) is 6.04 Å². The summed E-state index contributed by atoms with van der Waals surface area (Å²) in [5.41, 5.74) is 5.11. The molecule has 126 valence electrons. The first-order valence-corrected chi connectivity index (χ1v) is 9.06. The molecule has 0 fully saturated rings. The minimum Gasteiger partial charge on any atom is -0.361 e. The molecule has 4 rings (SSSR count). The molecular formula is C20H25N3O. The molecular weight excluding hydrogens is 298 g/mol. The normalized spacial score (nSPS) is 22.4. The lowest BCUT2D eigenvalue weighted by atomic mass is 9.80. The molecule has 0 unspecified atom stereocenters. The maximum Gasteiger partial charge on any atom is 0.228 e. The van der Waals surface area contributed by atoms with Crippen molar-refractivity contribution in [1.29, 1.82) is 0 Å². The van der Waals surface area contributed by atoms with E-state index in [1.54, 1.807) is 0 Å². The number of hydrogen-bond donors (Lipinski definition) is 3. The van der Waals surface area contributed by atoms with E-state index in [1.165, 1.54) is 27.6 Å². The number of rotatable bonds is 4. The summed E-state index contributed by atoms with van der Waals surface area (Å²) in [4.78, 5) is 16.0. The van der Waals surface area contributed by atoms with Gasteiger partial charge in [-0.1, -0.05) is 32.1 Å². The van der Waals surface area contributed by atoms with Crippen LogP contribution in [0.2, 0.25) is 0 Å². The fourth-order valence-corrected chi connectivity index (χ4v) is 4.08. The highest BCUT2D eigenvalue weighted by molar-refractivity contribution is 5.99. The molecule has 0 bridgehead atoms. The zero-order valence-corrected chi connectivity index (χ0v) is 14.4. The first-order chi connectivity index (χ1) is 11.7. The summed E-state index contributed by atoms with van der Waals surface area (Å²) in [6.45, 7) is 4.96. The first-order valence-electron chi connectivity index (χ1n) is 9.06. The summed E-state index contributed by atoms with van der Waals surface area (Å²) < 4.78 is 0. The van der Waals surface area contributed by atoms with Gasteiger partial charge in [-0.15, -0.1) is 0 Å². The molecule has 4 heteroatoms. The summed E-state index contributed by atoms with van der Waals surface area (Å²) in [5.74, 6) is 0.0572. The third-order valence-electron chi connectivity index (χ3n) is 5.53. The number of carbonyl (C=O) groups is 1. The molecule has 1 aromatic heterocycles. The van der Waals surface area contributed by atoms with Gasteiger partial charge in [0.2, 0.25) is 5.91 Å². The molecule has 2 atom stereocenters. The number of nitrogens with one attached hydrogen (secondary N) is 3. The van der Waals surface area contributed by atoms with Crippen LogP contribution in [-0.4, -0.2) is 29.5 Å². The van der Waals surface area contributed by atoms with Crippen LogP contribution in [0.5, 0.6) is 0 Å². The summed E-state index contributed by atoms with van der Waals surface area (Å²) in [6, 6.07) is 6.99. The first kappa shape index (κ1) is 15.5. The van der Waals surface area contributed by atoms with Crippen molar-refractivity contribution in [3.05, 3.63) is 41.6 Å². The number of aromatic amines is 1. The van der Waals surface area contributed by atoms with Crippen LogP contribution in [0.1, 0.15) is 37.8 Å². The Kier molecular flexibility index (Phi) is 3.93. The molecule has 2 aromatic rings. The van der Waals surface area contributed by atoms with Crippen molar-refractivity contribution in [3.8, 4) is 0 Å². The van der Waals surface area contributed by atoms with Crippen molar-refractivity contribution in [2.24, 2.45) is 5.92 Å². The van der Waals surface area contributed by atoms with Gasteiger partial charge in [0.05, 0.1) is 5.92 Å². The number of carbonyl (C=O) groups excluding carboxylic acids is 1. The van der Waals surface area contributed by atoms with Crippen LogP contribution in [-0.2, 0) is 11.2 Å². The van der Waals surface area contributed by atoms with E-state index in [9.17, 15) is 4.79 Å². The Hall–Kier alpha value is -2.07. The van der Waals surface area contributed by atoms with Gasteiger partial charge in [-0.25, -0.2) is 0 Å². The van der Waals surface area contributed by atoms with E-state index in [-0.39, 0.29) is 17.9 Å². The second kappa shape index (κ2) is 6.10. The molecule has 2 aliphatic rings. The van der Waals surface area contributed by atoms with Crippen LogP contribution < -0.4 is 10.6 Å². The van der Waals surface area contributed by atoms with Crippen LogP contribution in [0, 0.1) is 5.92 Å². The largest absolute Gasteiger partial charge is 0.361 e. The van der Waals surface area contributed by atoms with E-state index in [4.69, 9.17) is 0 Å². The maximum absolute atomic E-state index is 12.6. The topological polar surface area (TPSA) is 56.9 Å². The molecule has 1 aromatic carbocycles. The summed E-state index contributed by atoms with van der Waals surface area (Å²) in [7, 11) is 0. The van der Waals surface area contributed by atoms with Crippen molar-refractivity contribution in [2.45, 2.75) is 45.2 Å². The van der Waals surface area contributed by atoms with Crippen LogP contribution in [0.15, 0.2) is 30.5 Å². The van der Waals surface area contributed by atoms with Gasteiger partial charge in [0.25, 0.3) is 0 Å². The molecule has 1 aliphatic heterocycles. The van der Waals surface area contributed by atoms with Crippen molar-refractivity contribution in [1.82, 2.24) is 15.6 Å². The number of aromatic nitrogens is 1. The predicted octanol–water partition coefficient (Wildman–Crippen LogP) is 3.00. The Morgan fingerprint density at radius 1 is 1.33 bits per heavy atom. The van der Waals surface area contributed by atoms with Crippen molar-refractivity contribution < 1.29 is 4.79 Å². The monoisotopic (exact) mass is 323 g/mol. The molecule has 24 heavy (non-hydrogen) atoms. The zero-order valence-electron chi connectivity index (χ0n) is 14.4. The summed E-state index contributed by atoms with van der Waals surface area (Å²) in [6.07, 6.45) is 7.27. The Balaban J connectivity index is 1.67. The Labute approximate surface area is 142 Å². The van der Waals surface area contributed by atoms with Crippen LogP contribution >= 0.6 is 0 Å². The van der Waals surface area contributed by atoms with Gasteiger partial charge in [0, 0.05) is 35.7 Å². The molecule has 1 amide bonds. The minimum atomic E-state index is -0.0902. The Morgan fingerprint density at radius 3 is 2.96 bits per heavy atom. The number of amides is 1. The standard InChI is InChI=1S/C20H25N3O/c1-3-14(4-2)23-20(24)13-8-16-15-6-5-7-17-19(15)12(10-21-17)9-18(16)22-11-13/h5-8,10,13-14,18,21-22H,3-4,9,11H2,1-2H3,(H,23,24)/t13-,18-/m1/s1. The fraction of sp³-hybridized carbons (Fsp3) is 0.450. The summed E-state index contributed by atoms with van der Waals surface area (Å²) in [5, 5.41) is 8.10. The van der Waals surface area contributed by atoms with E-state index < -0.39 is 0 Å². The highest BCUT2D eigenvalue weighted by Crippen LogP contribution is 2.38. The van der Waals surface area contributed by atoms with Crippen LogP contribution in [0.25, 0.3) is 16.5 Å². The zero-order chi connectivity index (χ0) is 16.7. The lowest BCUT2D eigenvalue weighted by Gasteiger charge is -2.33. The van der Waals surface area contributed by atoms with E-state index >= 15 is 0 Å². The third-order valence-corrected chi connectivity index (χ3v) is 5.53. The molecule has 3 N–H and O–H groups in total. The second-order valence-electron chi connectivity index (χ2n) is 6.96. The Bertz CT molecular complexity index is 800. The lowest BCUT2D eigenvalue weighted by Crippen LogP contribution is -2.47. The SMILES string of the molecule is CCC(CC)NC(=O)[C@@H]1C=C2c3cccc4[nH]cc(c34)C[C@H]2NC1. The number of hydrogen-bond acceptors (Lipinski definition) is 2. The predicted molar refractivity (Wildman–Crippen MR) is 97.8 cm³/mol. The van der Waals surface area contributed by atoms with Gasteiger partial charge in [-0.05, 0) is 42.0 Å². The average Bonchev–Trinajstić information content (AvgIpc) is 3.03. The second-order valence-corrected chi connectivity index (χ2v) is 6.96. The third kappa shape index (κ3) is 2.46. The average molecular weight is 323 g/mol. The van der Waals surface area contributed by atoms with E-state index in [2.05, 4.69) is 59.9 Å². The smallest absolute Gasteiger partial charge is 0.228 e. The van der Waals surface area contributed by atoms with Gasteiger partial charge in [0.1, 0.15) is 0 Å². The minimum absolute atomic E-state index is 0.0902. The number of benzene rings is 1. The van der Waals surface area contributed by atoms with Crippen molar-refractivity contribution in [2.75, 3.05) is 6.54 Å². The van der Waals surface area contributed by atoms with Crippen molar-refractivity contribution >= 4 is 22.4 Å². The number of fused-ring (bicyclic) bond motifs is 2. The van der Waals surface area contributed by atoms with Gasteiger partial charge < -0.3 is 15.6 Å². The Morgan fingerprint density at radius 2 is 2.17 bits per heavy atom. The van der Waals surface area contributed by atoms with Gasteiger partial charge in [-0.2, -0.15) is 0 Å². The molecule has 4 nitrogen and oxygen atoms in total.